The highest BCUT2D eigenvalue weighted by Gasteiger charge is 2.40. The van der Waals surface area contributed by atoms with Gasteiger partial charge in [-0.25, -0.2) is 0 Å². The third-order valence-electron chi connectivity index (χ3n) is 5.99. The van der Waals surface area contributed by atoms with E-state index < -0.39 is 0 Å². The van der Waals surface area contributed by atoms with Crippen LogP contribution in [0.5, 0.6) is 0 Å². The van der Waals surface area contributed by atoms with E-state index in [1.165, 1.54) is 22.3 Å². The molecule has 4 nitrogen and oxygen atoms in total. The molecule has 1 fully saturated rings. The standard InChI is InChI=1S/C23H25N3O/c1-16(2)26-13-21(25(15-24)14-22(26)27)23-19-9-5-3-7-17(19)11-12-18-8-4-6-10-20(18)23/h3-10,16,21,23H,11-14H2,1-2H3/t21-/m1/s1. The highest BCUT2D eigenvalue weighted by Crippen LogP contribution is 2.39. The molecule has 1 heterocycles. The van der Waals surface area contributed by atoms with Crippen LogP contribution in [-0.2, 0) is 17.6 Å². The van der Waals surface area contributed by atoms with E-state index in [1.807, 2.05) is 18.7 Å². The minimum Gasteiger partial charge on any atom is -0.337 e. The Balaban J connectivity index is 1.86. The molecule has 2 aromatic rings. The zero-order valence-electron chi connectivity index (χ0n) is 15.9. The number of carbonyl (C=O) groups is 1. The van der Waals surface area contributed by atoms with Crippen LogP contribution >= 0.6 is 0 Å². The van der Waals surface area contributed by atoms with E-state index in [0.29, 0.717) is 6.54 Å². The van der Waals surface area contributed by atoms with Gasteiger partial charge in [-0.1, -0.05) is 48.5 Å². The van der Waals surface area contributed by atoms with E-state index >= 15 is 0 Å². The predicted molar refractivity (Wildman–Crippen MR) is 105 cm³/mol. The second kappa shape index (κ2) is 7.08. The quantitative estimate of drug-likeness (QED) is 0.773. The van der Waals surface area contributed by atoms with Crippen LogP contribution in [0.4, 0.5) is 0 Å². The molecule has 2 aromatic carbocycles. The third kappa shape index (κ3) is 3.08. The average Bonchev–Trinajstić information content (AvgIpc) is 2.84. The number of hydrogen-bond donors (Lipinski definition) is 0. The number of amides is 1. The molecule has 2 aliphatic rings. The summed E-state index contributed by atoms with van der Waals surface area (Å²) in [4.78, 5) is 16.1. The Morgan fingerprint density at radius 3 is 2.07 bits per heavy atom. The van der Waals surface area contributed by atoms with Crippen molar-refractivity contribution in [2.45, 2.75) is 44.7 Å². The normalized spacial score (nSPS) is 20.1. The second-order valence-corrected chi connectivity index (χ2v) is 7.81. The topological polar surface area (TPSA) is 47.3 Å². The summed E-state index contributed by atoms with van der Waals surface area (Å²) in [6, 6.07) is 17.3. The number of hydrogen-bond acceptors (Lipinski definition) is 3. The summed E-state index contributed by atoms with van der Waals surface area (Å²) >= 11 is 0. The Bertz CT molecular complexity index is 851. The largest absolute Gasteiger partial charge is 0.337 e. The van der Waals surface area contributed by atoms with Gasteiger partial charge < -0.3 is 4.90 Å². The summed E-state index contributed by atoms with van der Waals surface area (Å²) < 4.78 is 0. The van der Waals surface area contributed by atoms with Crippen molar-refractivity contribution >= 4 is 5.91 Å². The molecule has 0 unspecified atom stereocenters. The first-order valence-electron chi connectivity index (χ1n) is 9.71. The molecule has 1 atom stereocenters. The van der Waals surface area contributed by atoms with Gasteiger partial charge in [-0.15, -0.1) is 0 Å². The number of carbonyl (C=O) groups excluding carboxylic acids is 1. The van der Waals surface area contributed by atoms with Crippen LogP contribution in [-0.4, -0.2) is 40.9 Å². The van der Waals surface area contributed by atoms with E-state index in [0.717, 1.165) is 12.8 Å². The number of nitrogens with zero attached hydrogens (tertiary/aromatic N) is 3. The molecule has 1 aliphatic heterocycles. The minimum atomic E-state index is -0.0458. The number of nitriles is 1. The van der Waals surface area contributed by atoms with Crippen LogP contribution in [0.25, 0.3) is 0 Å². The molecule has 4 heteroatoms. The molecule has 1 amide bonds. The lowest BCUT2D eigenvalue weighted by molar-refractivity contribution is -0.138. The third-order valence-corrected chi connectivity index (χ3v) is 5.99. The molecule has 1 saturated heterocycles. The van der Waals surface area contributed by atoms with E-state index in [9.17, 15) is 10.1 Å². The smallest absolute Gasteiger partial charge is 0.243 e. The summed E-state index contributed by atoms with van der Waals surface area (Å²) in [5.41, 5.74) is 5.30. The fourth-order valence-corrected chi connectivity index (χ4v) is 4.63. The van der Waals surface area contributed by atoms with Gasteiger partial charge in [0.1, 0.15) is 6.54 Å². The van der Waals surface area contributed by atoms with Gasteiger partial charge in [0, 0.05) is 18.5 Å². The molecule has 138 valence electrons. The first kappa shape index (κ1) is 17.6. The lowest BCUT2D eigenvalue weighted by Gasteiger charge is -2.44. The van der Waals surface area contributed by atoms with Gasteiger partial charge in [0.05, 0.1) is 6.04 Å². The molecule has 0 aromatic heterocycles. The van der Waals surface area contributed by atoms with Gasteiger partial charge >= 0.3 is 0 Å². The van der Waals surface area contributed by atoms with Crippen molar-refractivity contribution in [3.63, 3.8) is 0 Å². The highest BCUT2D eigenvalue weighted by molar-refractivity contribution is 5.80. The lowest BCUT2D eigenvalue weighted by atomic mass is 9.81. The molecule has 0 spiro atoms. The second-order valence-electron chi connectivity index (χ2n) is 7.81. The number of aryl methyl sites for hydroxylation is 2. The Morgan fingerprint density at radius 2 is 1.56 bits per heavy atom. The van der Waals surface area contributed by atoms with Gasteiger partial charge in [0.15, 0.2) is 6.19 Å². The van der Waals surface area contributed by atoms with Crippen LogP contribution < -0.4 is 0 Å². The van der Waals surface area contributed by atoms with Crippen LogP contribution in [0.15, 0.2) is 48.5 Å². The fraction of sp³-hybridized carbons (Fsp3) is 0.391. The van der Waals surface area contributed by atoms with Crippen molar-refractivity contribution in [1.29, 1.82) is 5.26 Å². The van der Waals surface area contributed by atoms with Gasteiger partial charge in [-0.3, -0.25) is 9.69 Å². The van der Waals surface area contributed by atoms with Crippen LogP contribution in [0.2, 0.25) is 0 Å². The molecule has 0 radical (unpaired) electrons. The van der Waals surface area contributed by atoms with Crippen molar-refractivity contribution in [2.75, 3.05) is 13.1 Å². The van der Waals surface area contributed by atoms with Gasteiger partial charge in [0.2, 0.25) is 5.91 Å². The van der Waals surface area contributed by atoms with Crippen molar-refractivity contribution in [1.82, 2.24) is 9.80 Å². The molecule has 0 N–H and O–H groups in total. The van der Waals surface area contributed by atoms with Gasteiger partial charge in [0.25, 0.3) is 0 Å². The SMILES string of the molecule is CC(C)N1C[C@H](C2c3ccccc3CCc3ccccc32)N(C#N)CC1=O. The summed E-state index contributed by atoms with van der Waals surface area (Å²) in [7, 11) is 0. The molecule has 1 aliphatic carbocycles. The van der Waals surface area contributed by atoms with Crippen molar-refractivity contribution in [3.05, 3.63) is 70.8 Å². The lowest BCUT2D eigenvalue weighted by Crippen LogP contribution is -2.58. The maximum atomic E-state index is 12.5. The summed E-state index contributed by atoms with van der Waals surface area (Å²) in [6.45, 7) is 4.84. The van der Waals surface area contributed by atoms with E-state index in [1.54, 1.807) is 4.90 Å². The van der Waals surface area contributed by atoms with E-state index in [-0.39, 0.29) is 30.5 Å². The maximum absolute atomic E-state index is 12.5. The molecule has 0 saturated carbocycles. The monoisotopic (exact) mass is 359 g/mol. The Hall–Kier alpha value is -2.80. The summed E-state index contributed by atoms with van der Waals surface area (Å²) in [6.07, 6.45) is 4.33. The van der Waals surface area contributed by atoms with Crippen LogP contribution in [0.3, 0.4) is 0 Å². The average molecular weight is 359 g/mol. The van der Waals surface area contributed by atoms with Crippen LogP contribution in [0.1, 0.15) is 42.0 Å². The maximum Gasteiger partial charge on any atom is 0.243 e. The Kier molecular flexibility index (Phi) is 4.61. The summed E-state index contributed by atoms with van der Waals surface area (Å²) in [5, 5.41) is 9.81. The zero-order valence-corrected chi connectivity index (χ0v) is 15.9. The first-order valence-corrected chi connectivity index (χ1v) is 9.71. The summed E-state index contributed by atoms with van der Waals surface area (Å²) in [5.74, 6) is 0.131. The Morgan fingerprint density at radius 1 is 1.00 bits per heavy atom. The zero-order chi connectivity index (χ0) is 19.0. The molecule has 27 heavy (non-hydrogen) atoms. The van der Waals surface area contributed by atoms with E-state index in [2.05, 4.69) is 54.7 Å². The van der Waals surface area contributed by atoms with Crippen molar-refractivity contribution in [3.8, 4) is 6.19 Å². The highest BCUT2D eigenvalue weighted by atomic mass is 16.2. The molecular formula is C23H25N3O. The minimum absolute atomic E-state index is 0.0398. The molecule has 4 rings (SSSR count). The molecular weight excluding hydrogens is 334 g/mol. The van der Waals surface area contributed by atoms with Crippen molar-refractivity contribution in [2.24, 2.45) is 0 Å². The van der Waals surface area contributed by atoms with Gasteiger partial charge in [-0.05, 0) is 48.9 Å². The number of rotatable bonds is 2. The van der Waals surface area contributed by atoms with Gasteiger partial charge in [-0.2, -0.15) is 5.26 Å². The fourth-order valence-electron chi connectivity index (χ4n) is 4.63. The first-order chi connectivity index (χ1) is 13.1. The predicted octanol–water partition coefficient (Wildman–Crippen LogP) is 3.32. The molecule has 0 bridgehead atoms. The number of piperazine rings is 1. The number of benzene rings is 2. The van der Waals surface area contributed by atoms with Crippen LogP contribution in [0, 0.1) is 11.5 Å². The van der Waals surface area contributed by atoms with E-state index in [4.69, 9.17) is 0 Å². The number of fused-ring (bicyclic) bond motifs is 2. The Labute approximate surface area is 161 Å². The van der Waals surface area contributed by atoms with Crippen molar-refractivity contribution < 1.29 is 4.79 Å².